The summed E-state index contributed by atoms with van der Waals surface area (Å²) in [4.78, 5) is 11.9. The number of hydrogen-bond acceptors (Lipinski definition) is 3. The molecule has 14 heavy (non-hydrogen) atoms. The van der Waals surface area contributed by atoms with Crippen LogP contribution in [0, 0.1) is 11.5 Å². The molecule has 1 rings (SSSR count). The summed E-state index contributed by atoms with van der Waals surface area (Å²) in [5.74, 6) is 0. The van der Waals surface area contributed by atoms with Crippen LogP contribution < -0.4 is 0 Å². The highest BCUT2D eigenvalue weighted by Gasteiger charge is 2.07. The lowest BCUT2D eigenvalue weighted by molar-refractivity contribution is 0.119. The van der Waals surface area contributed by atoms with Crippen molar-refractivity contribution in [2.45, 2.75) is 6.61 Å². The highest BCUT2D eigenvalue weighted by atomic mass is 16.6. The molecule has 1 amide bonds. The van der Waals surface area contributed by atoms with Crippen LogP contribution in [0.5, 0.6) is 0 Å². The van der Waals surface area contributed by atoms with Gasteiger partial charge in [0.1, 0.15) is 6.61 Å². The normalized spacial score (nSPS) is 8.86. The van der Waals surface area contributed by atoms with E-state index in [1.54, 1.807) is 6.19 Å². The van der Waals surface area contributed by atoms with Crippen LogP contribution in [0.15, 0.2) is 30.3 Å². The van der Waals surface area contributed by atoms with Crippen LogP contribution >= 0.6 is 0 Å². The van der Waals surface area contributed by atoms with Crippen LogP contribution in [0.4, 0.5) is 4.79 Å². The number of hydrogen-bond donors (Lipinski definition) is 0. The maximum Gasteiger partial charge on any atom is 0.423 e. The number of benzene rings is 1. The minimum absolute atomic E-state index is 0.186. The van der Waals surface area contributed by atoms with Crippen molar-refractivity contribution in [2.75, 3.05) is 7.05 Å². The molecule has 0 unspecified atom stereocenters. The van der Waals surface area contributed by atoms with Gasteiger partial charge in [-0.05, 0) is 5.56 Å². The van der Waals surface area contributed by atoms with Gasteiger partial charge in [0, 0.05) is 7.05 Å². The molecule has 1 aromatic carbocycles. The number of nitrogens with zero attached hydrogens (tertiary/aromatic N) is 2. The molecule has 0 aliphatic carbocycles. The first-order valence-electron chi connectivity index (χ1n) is 4.08. The second-order valence-electron chi connectivity index (χ2n) is 2.70. The van der Waals surface area contributed by atoms with E-state index in [-0.39, 0.29) is 6.61 Å². The quantitative estimate of drug-likeness (QED) is 0.527. The number of ether oxygens (including phenoxy) is 1. The van der Waals surface area contributed by atoms with Crippen molar-refractivity contribution in [3.63, 3.8) is 0 Å². The molecule has 0 fully saturated rings. The van der Waals surface area contributed by atoms with Crippen molar-refractivity contribution in [1.82, 2.24) is 4.90 Å². The molecule has 4 heteroatoms. The molecule has 0 radical (unpaired) electrons. The number of rotatable bonds is 2. The van der Waals surface area contributed by atoms with Crippen molar-refractivity contribution in [3.8, 4) is 6.19 Å². The van der Waals surface area contributed by atoms with E-state index in [0.717, 1.165) is 10.5 Å². The lowest BCUT2D eigenvalue weighted by atomic mass is 10.2. The second-order valence-corrected chi connectivity index (χ2v) is 2.70. The Hall–Kier alpha value is -2.02. The van der Waals surface area contributed by atoms with Gasteiger partial charge in [0.25, 0.3) is 0 Å². The van der Waals surface area contributed by atoms with Gasteiger partial charge in [-0.1, -0.05) is 30.3 Å². The summed E-state index contributed by atoms with van der Waals surface area (Å²) in [7, 11) is 1.35. The molecule has 0 heterocycles. The lowest BCUT2D eigenvalue weighted by Crippen LogP contribution is -2.21. The topological polar surface area (TPSA) is 53.3 Å². The summed E-state index contributed by atoms with van der Waals surface area (Å²) in [5.41, 5.74) is 0.896. The maximum absolute atomic E-state index is 11.0. The third kappa shape index (κ3) is 2.79. The zero-order valence-electron chi connectivity index (χ0n) is 7.80. The van der Waals surface area contributed by atoms with Crippen molar-refractivity contribution in [1.29, 1.82) is 5.26 Å². The molecule has 4 nitrogen and oxygen atoms in total. The fourth-order valence-electron chi connectivity index (χ4n) is 0.857. The van der Waals surface area contributed by atoms with Gasteiger partial charge >= 0.3 is 6.09 Å². The Morgan fingerprint density at radius 3 is 2.71 bits per heavy atom. The third-order valence-electron chi connectivity index (χ3n) is 1.63. The van der Waals surface area contributed by atoms with Crippen LogP contribution in [-0.4, -0.2) is 18.0 Å². The Morgan fingerprint density at radius 2 is 2.14 bits per heavy atom. The van der Waals surface area contributed by atoms with E-state index in [1.165, 1.54) is 7.05 Å². The van der Waals surface area contributed by atoms with Crippen molar-refractivity contribution >= 4 is 6.09 Å². The molecule has 72 valence electrons. The minimum Gasteiger partial charge on any atom is -0.444 e. The largest absolute Gasteiger partial charge is 0.444 e. The molecule has 0 N–H and O–H groups in total. The molecule has 0 aliphatic rings. The predicted molar refractivity (Wildman–Crippen MR) is 50.0 cm³/mol. The predicted octanol–water partition coefficient (Wildman–Crippen LogP) is 1.74. The molecule has 0 atom stereocenters. The van der Waals surface area contributed by atoms with E-state index < -0.39 is 6.09 Å². The minimum atomic E-state index is -0.642. The number of carbonyl (C=O) groups is 1. The van der Waals surface area contributed by atoms with Gasteiger partial charge in [0.05, 0.1) is 0 Å². The van der Waals surface area contributed by atoms with Crippen LogP contribution in [-0.2, 0) is 11.3 Å². The van der Waals surface area contributed by atoms with E-state index in [0.29, 0.717) is 0 Å². The van der Waals surface area contributed by atoms with E-state index >= 15 is 0 Å². The maximum atomic E-state index is 11.0. The Balaban J connectivity index is 2.43. The molecule has 0 saturated carbocycles. The Bertz CT molecular complexity index is 343. The fourth-order valence-corrected chi connectivity index (χ4v) is 0.857. The third-order valence-corrected chi connectivity index (χ3v) is 1.63. The number of carbonyl (C=O) groups excluding carboxylic acids is 1. The molecule has 0 spiro atoms. The van der Waals surface area contributed by atoms with E-state index in [9.17, 15) is 4.79 Å². The molecule has 0 aromatic heterocycles. The number of nitriles is 1. The SMILES string of the molecule is CN(C#N)C(=O)OCc1ccccc1. The first-order valence-corrected chi connectivity index (χ1v) is 4.08. The van der Waals surface area contributed by atoms with E-state index in [1.807, 2.05) is 30.3 Å². The van der Waals surface area contributed by atoms with Gasteiger partial charge in [-0.15, -0.1) is 0 Å². The summed E-state index contributed by atoms with van der Waals surface area (Å²) in [6.45, 7) is 0.186. The Labute approximate surface area is 82.3 Å². The average molecular weight is 190 g/mol. The number of amides is 1. The van der Waals surface area contributed by atoms with Crippen LogP contribution in [0.1, 0.15) is 5.56 Å². The summed E-state index contributed by atoms with van der Waals surface area (Å²) >= 11 is 0. The van der Waals surface area contributed by atoms with Gasteiger partial charge in [-0.25, -0.2) is 9.69 Å². The van der Waals surface area contributed by atoms with Gasteiger partial charge < -0.3 is 4.74 Å². The van der Waals surface area contributed by atoms with Crippen LogP contribution in [0.2, 0.25) is 0 Å². The first kappa shape index (κ1) is 10.1. The molecule has 0 aliphatic heterocycles. The smallest absolute Gasteiger partial charge is 0.423 e. The zero-order chi connectivity index (χ0) is 10.4. The zero-order valence-corrected chi connectivity index (χ0v) is 7.80. The Morgan fingerprint density at radius 1 is 1.50 bits per heavy atom. The van der Waals surface area contributed by atoms with Crippen molar-refractivity contribution in [2.24, 2.45) is 0 Å². The van der Waals surface area contributed by atoms with Crippen molar-refractivity contribution in [3.05, 3.63) is 35.9 Å². The van der Waals surface area contributed by atoms with E-state index in [2.05, 4.69) is 0 Å². The average Bonchev–Trinajstić information content (AvgIpc) is 2.26. The Kier molecular flexibility index (Phi) is 3.50. The summed E-state index contributed by atoms with van der Waals surface area (Å²) in [6.07, 6.45) is 1.02. The molecule has 0 saturated heterocycles. The highest BCUT2D eigenvalue weighted by Crippen LogP contribution is 2.01. The molecular weight excluding hydrogens is 180 g/mol. The van der Waals surface area contributed by atoms with Gasteiger partial charge in [0.2, 0.25) is 0 Å². The van der Waals surface area contributed by atoms with Crippen molar-refractivity contribution < 1.29 is 9.53 Å². The monoisotopic (exact) mass is 190 g/mol. The fraction of sp³-hybridized carbons (Fsp3) is 0.200. The van der Waals surface area contributed by atoms with Crippen LogP contribution in [0.3, 0.4) is 0 Å². The molecular formula is C10H10N2O2. The van der Waals surface area contributed by atoms with Gasteiger partial charge in [-0.2, -0.15) is 5.26 Å². The van der Waals surface area contributed by atoms with Crippen LogP contribution in [0.25, 0.3) is 0 Å². The summed E-state index contributed by atoms with van der Waals surface area (Å²) < 4.78 is 4.85. The first-order chi connectivity index (χ1) is 6.74. The van der Waals surface area contributed by atoms with E-state index in [4.69, 9.17) is 10.00 Å². The molecule has 0 bridgehead atoms. The molecule has 1 aromatic rings. The second kappa shape index (κ2) is 4.87. The van der Waals surface area contributed by atoms with Gasteiger partial charge in [-0.3, -0.25) is 0 Å². The lowest BCUT2D eigenvalue weighted by Gasteiger charge is -2.07. The summed E-state index contributed by atoms with van der Waals surface area (Å²) in [5, 5.41) is 8.38. The highest BCUT2D eigenvalue weighted by molar-refractivity contribution is 5.68. The standard InChI is InChI=1S/C10H10N2O2/c1-12(8-11)10(13)14-7-9-5-3-2-4-6-9/h2-6H,7H2,1H3. The van der Waals surface area contributed by atoms with Gasteiger partial charge in [0.15, 0.2) is 6.19 Å². The summed E-state index contributed by atoms with van der Waals surface area (Å²) in [6, 6.07) is 9.29.